The van der Waals surface area contributed by atoms with E-state index < -0.39 is 17.2 Å². The van der Waals surface area contributed by atoms with Gasteiger partial charge in [0.2, 0.25) is 0 Å². The van der Waals surface area contributed by atoms with Crippen LogP contribution in [0.3, 0.4) is 0 Å². The lowest BCUT2D eigenvalue weighted by Crippen LogP contribution is -2.37. The number of nitrogens with zero attached hydrogens (tertiary/aromatic N) is 3. The number of imidazole rings is 1. The van der Waals surface area contributed by atoms with Gasteiger partial charge in [0.1, 0.15) is 5.82 Å². The molecule has 0 saturated carbocycles. The van der Waals surface area contributed by atoms with Gasteiger partial charge in [-0.15, -0.1) is 0 Å². The zero-order valence-electron chi connectivity index (χ0n) is 12.3. The molecule has 22 heavy (non-hydrogen) atoms. The van der Waals surface area contributed by atoms with E-state index in [0.717, 1.165) is 17.7 Å². The van der Waals surface area contributed by atoms with Gasteiger partial charge >= 0.3 is 0 Å². The van der Waals surface area contributed by atoms with E-state index in [2.05, 4.69) is 9.97 Å². The first-order valence-corrected chi connectivity index (χ1v) is 6.90. The first-order chi connectivity index (χ1) is 10.3. The maximum absolute atomic E-state index is 13.6. The van der Waals surface area contributed by atoms with Gasteiger partial charge in [0.25, 0.3) is 0 Å². The van der Waals surface area contributed by atoms with E-state index in [0.29, 0.717) is 23.4 Å². The van der Waals surface area contributed by atoms with Crippen LogP contribution < -0.4 is 5.73 Å². The molecule has 0 radical (unpaired) electrons. The van der Waals surface area contributed by atoms with Crippen molar-refractivity contribution in [2.24, 2.45) is 5.73 Å². The van der Waals surface area contributed by atoms with E-state index in [4.69, 9.17) is 5.73 Å². The quantitative estimate of drug-likeness (QED) is 0.808. The molecule has 0 aliphatic rings. The standard InChI is InChI=1S/C16H16F2N4/c1-16(2,19)9-22-14-8-12(18)11(17)7-13(14)21-15(22)10-3-5-20-6-4-10/h3-8H,9,19H2,1-2H3. The number of aromatic nitrogens is 3. The van der Waals surface area contributed by atoms with Crippen molar-refractivity contribution < 1.29 is 8.78 Å². The summed E-state index contributed by atoms with van der Waals surface area (Å²) in [5, 5.41) is 0. The summed E-state index contributed by atoms with van der Waals surface area (Å²) in [5.74, 6) is -1.20. The van der Waals surface area contributed by atoms with Crippen molar-refractivity contribution in [1.29, 1.82) is 0 Å². The second-order valence-corrected chi connectivity index (χ2v) is 6.00. The zero-order valence-corrected chi connectivity index (χ0v) is 12.3. The van der Waals surface area contributed by atoms with Crippen LogP contribution in [0.4, 0.5) is 8.78 Å². The molecule has 1 aromatic carbocycles. The number of pyridine rings is 1. The number of hydrogen-bond acceptors (Lipinski definition) is 3. The molecule has 0 fully saturated rings. The fourth-order valence-electron chi connectivity index (χ4n) is 2.41. The summed E-state index contributed by atoms with van der Waals surface area (Å²) in [7, 11) is 0. The average Bonchev–Trinajstić information content (AvgIpc) is 2.77. The number of fused-ring (bicyclic) bond motifs is 1. The highest BCUT2D eigenvalue weighted by Crippen LogP contribution is 2.27. The summed E-state index contributed by atoms with van der Waals surface area (Å²) in [6, 6.07) is 5.87. The molecular formula is C16H16F2N4. The van der Waals surface area contributed by atoms with Crippen LogP contribution in [0.2, 0.25) is 0 Å². The molecule has 0 atom stereocenters. The van der Waals surface area contributed by atoms with Gasteiger partial charge in [-0.25, -0.2) is 13.8 Å². The second kappa shape index (κ2) is 5.14. The van der Waals surface area contributed by atoms with Gasteiger partial charge in [0, 0.05) is 42.2 Å². The van der Waals surface area contributed by atoms with Crippen molar-refractivity contribution >= 4 is 11.0 Å². The van der Waals surface area contributed by atoms with Gasteiger partial charge in [0.15, 0.2) is 11.6 Å². The van der Waals surface area contributed by atoms with Crippen LogP contribution in [0.1, 0.15) is 13.8 Å². The maximum Gasteiger partial charge on any atom is 0.161 e. The summed E-state index contributed by atoms with van der Waals surface area (Å²) in [4.78, 5) is 8.42. The number of hydrogen-bond donors (Lipinski definition) is 1. The number of halogens is 2. The number of benzene rings is 1. The van der Waals surface area contributed by atoms with Crippen LogP contribution in [-0.4, -0.2) is 20.1 Å². The lowest BCUT2D eigenvalue weighted by Gasteiger charge is -2.21. The Morgan fingerprint density at radius 3 is 2.41 bits per heavy atom. The Kier molecular flexibility index (Phi) is 3.41. The Bertz CT molecular complexity index is 820. The van der Waals surface area contributed by atoms with Gasteiger partial charge in [-0.2, -0.15) is 0 Å². The van der Waals surface area contributed by atoms with Crippen LogP contribution in [0.15, 0.2) is 36.7 Å². The smallest absolute Gasteiger partial charge is 0.161 e. The van der Waals surface area contributed by atoms with E-state index in [1.807, 2.05) is 18.4 Å². The van der Waals surface area contributed by atoms with Gasteiger partial charge in [-0.3, -0.25) is 4.98 Å². The molecule has 114 valence electrons. The molecule has 2 N–H and O–H groups in total. The molecule has 2 heterocycles. The normalized spacial score (nSPS) is 12.0. The minimum Gasteiger partial charge on any atom is -0.324 e. The molecule has 6 heteroatoms. The van der Waals surface area contributed by atoms with Crippen molar-refractivity contribution in [3.63, 3.8) is 0 Å². The monoisotopic (exact) mass is 302 g/mol. The predicted octanol–water partition coefficient (Wildman–Crippen LogP) is 3.11. The number of rotatable bonds is 3. The molecule has 3 aromatic rings. The summed E-state index contributed by atoms with van der Waals surface area (Å²) in [5.41, 5.74) is 7.31. The highest BCUT2D eigenvalue weighted by atomic mass is 19.2. The highest BCUT2D eigenvalue weighted by Gasteiger charge is 2.20. The zero-order chi connectivity index (χ0) is 15.9. The van der Waals surface area contributed by atoms with E-state index >= 15 is 0 Å². The van der Waals surface area contributed by atoms with Gasteiger partial charge < -0.3 is 10.3 Å². The summed E-state index contributed by atoms with van der Waals surface area (Å²) >= 11 is 0. The summed E-state index contributed by atoms with van der Waals surface area (Å²) < 4.78 is 28.9. The Labute approximate surface area is 126 Å². The SMILES string of the molecule is CC(C)(N)Cn1c(-c2ccncc2)nc2cc(F)c(F)cc21. The predicted molar refractivity (Wildman–Crippen MR) is 81.1 cm³/mol. The minimum absolute atomic E-state index is 0.398. The minimum atomic E-state index is -0.912. The Morgan fingerprint density at radius 2 is 1.77 bits per heavy atom. The fourth-order valence-corrected chi connectivity index (χ4v) is 2.41. The second-order valence-electron chi connectivity index (χ2n) is 6.00. The van der Waals surface area contributed by atoms with Crippen molar-refractivity contribution in [1.82, 2.24) is 14.5 Å². The Hall–Kier alpha value is -2.34. The van der Waals surface area contributed by atoms with Crippen molar-refractivity contribution in [2.75, 3.05) is 0 Å². The largest absolute Gasteiger partial charge is 0.324 e. The fraction of sp³-hybridized carbons (Fsp3) is 0.250. The Morgan fingerprint density at radius 1 is 1.14 bits per heavy atom. The van der Waals surface area contributed by atoms with E-state index in [1.165, 1.54) is 0 Å². The molecule has 0 bridgehead atoms. The first-order valence-electron chi connectivity index (χ1n) is 6.90. The van der Waals surface area contributed by atoms with Crippen molar-refractivity contribution in [3.05, 3.63) is 48.3 Å². The first kappa shape index (κ1) is 14.6. The molecule has 3 rings (SSSR count). The summed E-state index contributed by atoms with van der Waals surface area (Å²) in [6.07, 6.45) is 3.29. The van der Waals surface area contributed by atoms with Crippen molar-refractivity contribution in [2.45, 2.75) is 25.9 Å². The molecular weight excluding hydrogens is 286 g/mol. The highest BCUT2D eigenvalue weighted by molar-refractivity contribution is 5.80. The van der Waals surface area contributed by atoms with Gasteiger partial charge in [-0.1, -0.05) is 0 Å². The molecule has 0 aliphatic heterocycles. The Balaban J connectivity index is 2.28. The van der Waals surface area contributed by atoms with Crippen LogP contribution in [0, 0.1) is 11.6 Å². The third kappa shape index (κ3) is 2.69. The van der Waals surface area contributed by atoms with E-state index in [1.54, 1.807) is 24.5 Å². The van der Waals surface area contributed by atoms with Crippen LogP contribution in [0.25, 0.3) is 22.4 Å². The molecule has 0 aliphatic carbocycles. The molecule has 4 nitrogen and oxygen atoms in total. The van der Waals surface area contributed by atoms with E-state index in [-0.39, 0.29) is 0 Å². The molecule has 2 aromatic heterocycles. The summed E-state index contributed by atoms with van der Waals surface area (Å²) in [6.45, 7) is 4.16. The third-order valence-electron chi connectivity index (χ3n) is 3.29. The topological polar surface area (TPSA) is 56.7 Å². The third-order valence-corrected chi connectivity index (χ3v) is 3.29. The molecule has 0 amide bonds. The molecule has 0 unspecified atom stereocenters. The van der Waals surface area contributed by atoms with Crippen LogP contribution in [-0.2, 0) is 6.54 Å². The number of nitrogens with two attached hydrogens (primary N) is 1. The lowest BCUT2D eigenvalue weighted by molar-refractivity contribution is 0.442. The molecule has 0 saturated heterocycles. The average molecular weight is 302 g/mol. The maximum atomic E-state index is 13.6. The molecule has 0 spiro atoms. The lowest BCUT2D eigenvalue weighted by atomic mass is 10.1. The van der Waals surface area contributed by atoms with Gasteiger partial charge in [-0.05, 0) is 26.0 Å². The van der Waals surface area contributed by atoms with Crippen LogP contribution in [0.5, 0.6) is 0 Å². The van der Waals surface area contributed by atoms with Crippen LogP contribution >= 0.6 is 0 Å². The van der Waals surface area contributed by atoms with Gasteiger partial charge in [0.05, 0.1) is 11.0 Å². The van der Waals surface area contributed by atoms with Crippen molar-refractivity contribution in [3.8, 4) is 11.4 Å². The van der Waals surface area contributed by atoms with E-state index in [9.17, 15) is 8.78 Å².